The minimum Gasteiger partial charge on any atom is -0.454 e. The Kier molecular flexibility index (Phi) is 4.31. The van der Waals surface area contributed by atoms with Crippen LogP contribution in [0.15, 0.2) is 18.2 Å². The highest BCUT2D eigenvalue weighted by Gasteiger charge is 2.44. The van der Waals surface area contributed by atoms with E-state index in [2.05, 4.69) is 0 Å². The third-order valence-corrected chi connectivity index (χ3v) is 2.46. The van der Waals surface area contributed by atoms with Crippen LogP contribution in [0.5, 0.6) is 11.5 Å². The molecule has 0 fully saturated rings. The number of alkyl halides is 3. The van der Waals surface area contributed by atoms with Crippen LogP contribution in [-0.2, 0) is 0 Å². The molecule has 0 bridgehead atoms. The molecule has 0 saturated heterocycles. The molecule has 8 heteroatoms. The molecule has 102 valence electrons. The molecule has 0 aromatic heterocycles. The maximum Gasteiger partial charge on any atom is 0.416 e. The molecule has 1 aromatic rings. The summed E-state index contributed by atoms with van der Waals surface area (Å²) in [6.07, 6.45) is -7.42. The van der Waals surface area contributed by atoms with Gasteiger partial charge in [0.25, 0.3) is 0 Å². The van der Waals surface area contributed by atoms with Crippen LogP contribution >= 0.6 is 12.4 Å². The van der Waals surface area contributed by atoms with Gasteiger partial charge in [0, 0.05) is 5.56 Å². The highest BCUT2D eigenvalue weighted by molar-refractivity contribution is 5.85. The molecule has 1 aliphatic rings. The van der Waals surface area contributed by atoms with Crippen molar-refractivity contribution in [1.82, 2.24) is 0 Å². The summed E-state index contributed by atoms with van der Waals surface area (Å²) >= 11 is 0. The number of fused-ring (bicyclic) bond motifs is 1. The van der Waals surface area contributed by atoms with E-state index in [1.165, 1.54) is 12.1 Å². The maximum absolute atomic E-state index is 12.3. The topological polar surface area (TPSA) is 64.7 Å². The van der Waals surface area contributed by atoms with Crippen LogP contribution in [0.3, 0.4) is 0 Å². The van der Waals surface area contributed by atoms with Crippen LogP contribution in [0.1, 0.15) is 11.6 Å². The van der Waals surface area contributed by atoms with E-state index in [-0.39, 0.29) is 30.5 Å². The first kappa shape index (κ1) is 14.9. The van der Waals surface area contributed by atoms with Crippen LogP contribution in [0, 0.1) is 0 Å². The van der Waals surface area contributed by atoms with Gasteiger partial charge < -0.3 is 20.3 Å². The average Bonchev–Trinajstić information content (AvgIpc) is 2.73. The Morgan fingerprint density at radius 3 is 2.56 bits per heavy atom. The normalized spacial score (nSPS) is 16.9. The fourth-order valence-corrected chi connectivity index (χ4v) is 1.59. The van der Waals surface area contributed by atoms with Crippen LogP contribution in [-0.4, -0.2) is 24.2 Å². The van der Waals surface area contributed by atoms with Crippen LogP contribution < -0.4 is 15.2 Å². The molecule has 3 N–H and O–H groups in total. The third kappa shape index (κ3) is 2.63. The zero-order valence-electron chi connectivity index (χ0n) is 8.98. The molecule has 0 amide bonds. The first-order valence-electron chi connectivity index (χ1n) is 4.80. The summed E-state index contributed by atoms with van der Waals surface area (Å²) in [5.41, 5.74) is 5.47. The van der Waals surface area contributed by atoms with Crippen molar-refractivity contribution in [3.05, 3.63) is 23.8 Å². The van der Waals surface area contributed by atoms with Gasteiger partial charge in [-0.15, -0.1) is 12.4 Å². The van der Waals surface area contributed by atoms with E-state index < -0.39 is 18.3 Å². The van der Waals surface area contributed by atoms with Gasteiger partial charge in [-0.05, 0) is 6.07 Å². The number of rotatable bonds is 2. The minimum absolute atomic E-state index is 0. The molecular weight excluding hydrogens is 275 g/mol. The van der Waals surface area contributed by atoms with Crippen molar-refractivity contribution in [1.29, 1.82) is 0 Å². The summed E-state index contributed by atoms with van der Waals surface area (Å²) in [4.78, 5) is 0. The first-order valence-corrected chi connectivity index (χ1v) is 4.80. The van der Waals surface area contributed by atoms with Crippen molar-refractivity contribution >= 4 is 12.4 Å². The second-order valence-corrected chi connectivity index (χ2v) is 3.59. The lowest BCUT2D eigenvalue weighted by Crippen LogP contribution is -2.38. The monoisotopic (exact) mass is 285 g/mol. The van der Waals surface area contributed by atoms with E-state index in [1.54, 1.807) is 6.07 Å². The molecule has 1 aliphatic heterocycles. The van der Waals surface area contributed by atoms with Gasteiger partial charge >= 0.3 is 6.18 Å². The summed E-state index contributed by atoms with van der Waals surface area (Å²) in [7, 11) is 0. The highest BCUT2D eigenvalue weighted by Crippen LogP contribution is 2.40. The van der Waals surface area contributed by atoms with Crippen molar-refractivity contribution in [2.75, 3.05) is 6.79 Å². The molecule has 0 radical (unpaired) electrons. The van der Waals surface area contributed by atoms with Crippen LogP contribution in [0.4, 0.5) is 13.2 Å². The Labute approximate surface area is 107 Å². The second-order valence-electron chi connectivity index (χ2n) is 3.59. The summed E-state index contributed by atoms with van der Waals surface area (Å²) in [6, 6.07) is 2.81. The highest BCUT2D eigenvalue weighted by atomic mass is 35.5. The molecule has 1 aromatic carbocycles. The Morgan fingerprint density at radius 2 is 1.94 bits per heavy atom. The van der Waals surface area contributed by atoms with E-state index >= 15 is 0 Å². The van der Waals surface area contributed by atoms with E-state index in [1.807, 2.05) is 0 Å². The summed E-state index contributed by atoms with van der Waals surface area (Å²) < 4.78 is 47.1. The van der Waals surface area contributed by atoms with E-state index in [4.69, 9.17) is 20.3 Å². The molecule has 0 unspecified atom stereocenters. The molecule has 4 nitrogen and oxygen atoms in total. The van der Waals surface area contributed by atoms with Gasteiger partial charge in [-0.3, -0.25) is 0 Å². The van der Waals surface area contributed by atoms with Crippen molar-refractivity contribution in [3.8, 4) is 11.5 Å². The number of hydrogen-bond donors (Lipinski definition) is 2. The second kappa shape index (κ2) is 5.21. The number of ether oxygens (including phenoxy) is 2. The quantitative estimate of drug-likeness (QED) is 0.869. The number of halogens is 4. The fourth-order valence-electron chi connectivity index (χ4n) is 1.59. The Bertz CT molecular complexity index is 427. The lowest BCUT2D eigenvalue weighted by Gasteiger charge is -2.22. The van der Waals surface area contributed by atoms with Gasteiger partial charge in [0.15, 0.2) is 17.6 Å². The number of nitrogens with two attached hydrogens (primary N) is 1. The predicted molar refractivity (Wildman–Crippen MR) is 58.8 cm³/mol. The zero-order chi connectivity index (χ0) is 12.6. The lowest BCUT2D eigenvalue weighted by molar-refractivity contribution is -0.210. The number of benzene rings is 1. The van der Waals surface area contributed by atoms with Crippen LogP contribution in [0.2, 0.25) is 0 Å². The standard InChI is InChI=1S/C10H10F3NO3.ClH/c11-10(12,13)9(15)7(14)5-2-1-3-6-8(5)17-4-16-6;/h1-3,7,9,15H,4,14H2;1H/t7-,9-;/m0./s1. The average molecular weight is 286 g/mol. The summed E-state index contributed by atoms with van der Waals surface area (Å²) in [5.74, 6) is 0.482. The summed E-state index contributed by atoms with van der Waals surface area (Å²) in [6.45, 7) is -0.0683. The van der Waals surface area contributed by atoms with Gasteiger partial charge in [-0.1, -0.05) is 12.1 Å². The molecule has 0 saturated carbocycles. The Morgan fingerprint density at radius 1 is 1.28 bits per heavy atom. The number of aliphatic hydroxyl groups is 1. The Balaban J connectivity index is 0.00000162. The number of aliphatic hydroxyl groups excluding tert-OH is 1. The van der Waals surface area contributed by atoms with Gasteiger partial charge in [-0.25, -0.2) is 0 Å². The van der Waals surface area contributed by atoms with E-state index in [0.29, 0.717) is 5.75 Å². The molecule has 2 atom stereocenters. The van der Waals surface area contributed by atoms with Gasteiger partial charge in [-0.2, -0.15) is 13.2 Å². The molecule has 1 heterocycles. The van der Waals surface area contributed by atoms with Gasteiger partial charge in [0.2, 0.25) is 6.79 Å². The molecule has 2 rings (SSSR count). The molecular formula is C10H11ClF3NO3. The summed E-state index contributed by atoms with van der Waals surface area (Å²) in [5, 5.41) is 9.09. The van der Waals surface area contributed by atoms with Crippen molar-refractivity contribution in [2.45, 2.75) is 18.3 Å². The SMILES string of the molecule is Cl.N[C@@H](c1cccc2c1OCO2)[C@H](O)C(F)(F)F. The molecule has 0 aliphatic carbocycles. The fraction of sp³-hybridized carbons (Fsp3) is 0.400. The van der Waals surface area contributed by atoms with E-state index in [9.17, 15) is 13.2 Å². The van der Waals surface area contributed by atoms with Crippen molar-refractivity contribution in [3.63, 3.8) is 0 Å². The molecule has 0 spiro atoms. The number of hydrogen-bond acceptors (Lipinski definition) is 4. The predicted octanol–water partition coefficient (Wildman–Crippen LogP) is 1.76. The zero-order valence-corrected chi connectivity index (χ0v) is 9.79. The first-order chi connectivity index (χ1) is 7.91. The van der Waals surface area contributed by atoms with Crippen molar-refractivity contribution in [2.24, 2.45) is 5.73 Å². The Hall–Kier alpha value is -1.18. The smallest absolute Gasteiger partial charge is 0.416 e. The lowest BCUT2D eigenvalue weighted by atomic mass is 10.0. The maximum atomic E-state index is 12.3. The third-order valence-electron chi connectivity index (χ3n) is 2.46. The van der Waals surface area contributed by atoms with Gasteiger partial charge in [0.05, 0.1) is 6.04 Å². The van der Waals surface area contributed by atoms with Gasteiger partial charge in [0.1, 0.15) is 0 Å². The van der Waals surface area contributed by atoms with Crippen LogP contribution in [0.25, 0.3) is 0 Å². The number of para-hydroxylation sites is 1. The minimum atomic E-state index is -4.78. The largest absolute Gasteiger partial charge is 0.454 e. The van der Waals surface area contributed by atoms with Crippen molar-refractivity contribution < 1.29 is 27.8 Å². The molecule has 18 heavy (non-hydrogen) atoms. The van der Waals surface area contributed by atoms with E-state index in [0.717, 1.165) is 0 Å².